The van der Waals surface area contributed by atoms with Crippen molar-refractivity contribution in [3.8, 4) is 5.88 Å². The molecule has 34 heavy (non-hydrogen) atoms. The Balaban J connectivity index is 1.33. The summed E-state index contributed by atoms with van der Waals surface area (Å²) in [4.78, 5) is 4.47. The molecule has 1 saturated heterocycles. The highest BCUT2D eigenvalue weighted by Crippen LogP contribution is 2.33. The largest absolute Gasteiger partial charge is 0.472 e. The molecule has 0 bridgehead atoms. The minimum absolute atomic E-state index is 0.0263. The summed E-state index contributed by atoms with van der Waals surface area (Å²) in [7, 11) is 1.96. The first-order chi connectivity index (χ1) is 16.6. The van der Waals surface area contributed by atoms with Crippen LogP contribution in [0.2, 0.25) is 0 Å². The fourth-order valence-corrected chi connectivity index (χ4v) is 4.46. The van der Waals surface area contributed by atoms with Crippen LogP contribution in [0, 0.1) is 6.92 Å². The van der Waals surface area contributed by atoms with Gasteiger partial charge in [0.25, 0.3) is 0 Å². The van der Waals surface area contributed by atoms with Crippen molar-refractivity contribution in [2.75, 3.05) is 25.6 Å². The van der Waals surface area contributed by atoms with Crippen LogP contribution >= 0.6 is 0 Å². The number of anilines is 1. The van der Waals surface area contributed by atoms with Gasteiger partial charge in [0.2, 0.25) is 5.88 Å². The summed E-state index contributed by atoms with van der Waals surface area (Å²) in [5, 5.41) is 17.1. The van der Waals surface area contributed by atoms with Crippen LogP contribution < -0.4 is 21.1 Å². The molecule has 3 aromatic rings. The Bertz CT molecular complexity index is 1250. The Kier molecular flexibility index (Phi) is 6.53. The molecule has 5 rings (SSSR count). The molecule has 8 nitrogen and oxygen atoms in total. The summed E-state index contributed by atoms with van der Waals surface area (Å²) >= 11 is 0. The van der Waals surface area contributed by atoms with Crippen LogP contribution in [0.15, 0.2) is 54.3 Å². The zero-order chi connectivity index (χ0) is 23.5. The summed E-state index contributed by atoms with van der Waals surface area (Å²) < 4.78 is 11.4. The van der Waals surface area contributed by atoms with Gasteiger partial charge in [-0.2, -0.15) is 5.10 Å². The highest BCUT2D eigenvalue weighted by Gasteiger charge is 2.21. The van der Waals surface area contributed by atoms with Crippen LogP contribution in [0.25, 0.3) is 16.3 Å². The van der Waals surface area contributed by atoms with Gasteiger partial charge in [0.15, 0.2) is 5.82 Å². The Labute approximate surface area is 199 Å². The van der Waals surface area contributed by atoms with Gasteiger partial charge in [0.1, 0.15) is 6.10 Å². The topological polar surface area (TPSA) is 107 Å². The molecule has 2 atom stereocenters. The van der Waals surface area contributed by atoms with Gasteiger partial charge in [-0.15, -0.1) is 5.10 Å². The van der Waals surface area contributed by atoms with Gasteiger partial charge in [-0.05, 0) is 42.7 Å². The van der Waals surface area contributed by atoms with Crippen molar-refractivity contribution < 1.29 is 9.47 Å². The van der Waals surface area contributed by atoms with Gasteiger partial charge < -0.3 is 25.8 Å². The van der Waals surface area contributed by atoms with Crippen LogP contribution in [0.3, 0.4) is 0 Å². The van der Waals surface area contributed by atoms with Crippen LogP contribution in [0.5, 0.6) is 5.88 Å². The molecule has 1 aliphatic carbocycles. The monoisotopic (exact) mass is 458 g/mol. The smallest absolute Gasteiger partial charge is 0.214 e. The lowest BCUT2D eigenvalue weighted by molar-refractivity contribution is 0.138. The number of allylic oxidation sites excluding steroid dienone is 3. The third-order valence-electron chi connectivity index (χ3n) is 6.31. The van der Waals surface area contributed by atoms with E-state index < -0.39 is 6.17 Å². The fraction of sp³-hybridized carbons (Fsp3) is 0.346. The van der Waals surface area contributed by atoms with E-state index in [1.165, 1.54) is 16.7 Å². The summed E-state index contributed by atoms with van der Waals surface area (Å²) in [5.41, 5.74) is 12.3. The maximum Gasteiger partial charge on any atom is 0.214 e. The normalized spacial score (nSPS) is 18.6. The Morgan fingerprint density at radius 2 is 2.09 bits per heavy atom. The van der Waals surface area contributed by atoms with Crippen LogP contribution in [0.1, 0.15) is 29.7 Å². The van der Waals surface area contributed by atoms with Gasteiger partial charge in [-0.25, -0.2) is 4.98 Å². The second kappa shape index (κ2) is 9.89. The molecule has 0 spiro atoms. The first-order valence-electron chi connectivity index (χ1n) is 11.6. The number of nitrogens with zero attached hydrogens (tertiary/aromatic N) is 3. The first kappa shape index (κ1) is 22.5. The van der Waals surface area contributed by atoms with Gasteiger partial charge in [0.05, 0.1) is 25.1 Å². The number of hydrogen-bond donors (Lipinski definition) is 3. The van der Waals surface area contributed by atoms with Crippen molar-refractivity contribution >= 4 is 22.2 Å². The number of pyridine rings is 1. The van der Waals surface area contributed by atoms with Crippen molar-refractivity contribution in [2.45, 2.75) is 38.6 Å². The van der Waals surface area contributed by atoms with Gasteiger partial charge in [-0.3, -0.25) is 0 Å². The molecule has 1 fully saturated rings. The zero-order valence-corrected chi connectivity index (χ0v) is 19.5. The van der Waals surface area contributed by atoms with Crippen molar-refractivity contribution in [2.24, 2.45) is 5.73 Å². The number of ether oxygens (including phenoxy) is 2. The molecular formula is C26H30N6O2. The molecule has 8 heteroatoms. The SMILES string of the molecule is CNCc1ccccc1C1=CC=C([C@@H](N)Nc2nnc(C)c3cnc(O[C@H]4CCOC4)cc23)C1. The van der Waals surface area contributed by atoms with Crippen LogP contribution in [0.4, 0.5) is 5.82 Å². The van der Waals surface area contributed by atoms with Crippen molar-refractivity contribution in [3.05, 3.63) is 71.1 Å². The number of nitrogens with two attached hydrogens (primary N) is 1. The highest BCUT2D eigenvalue weighted by atomic mass is 16.5. The van der Waals surface area contributed by atoms with E-state index in [1.807, 2.05) is 20.0 Å². The summed E-state index contributed by atoms with van der Waals surface area (Å²) in [6.45, 7) is 4.05. The molecule has 4 N–H and O–H groups in total. The molecular weight excluding hydrogens is 428 g/mol. The van der Waals surface area contributed by atoms with Crippen LogP contribution in [-0.4, -0.2) is 47.7 Å². The highest BCUT2D eigenvalue weighted by molar-refractivity contribution is 5.93. The molecule has 1 aliphatic heterocycles. The standard InChI is InChI=1S/C26H30N6O2/c1-16-23-14-29-24(34-20-9-10-33-15-20)12-22(23)26(32-31-16)30-25(27)18-8-7-17(11-18)21-6-4-3-5-19(21)13-28-2/h3-8,12,14,20,25,28H,9-11,13,15,27H2,1-2H3,(H,30,32)/t20-,25-/m0/s1. The Morgan fingerprint density at radius 3 is 2.91 bits per heavy atom. The maximum absolute atomic E-state index is 6.59. The van der Waals surface area contributed by atoms with E-state index >= 15 is 0 Å². The quantitative estimate of drug-likeness (QED) is 0.441. The molecule has 2 aliphatic rings. The number of aromatic nitrogens is 3. The predicted octanol–water partition coefficient (Wildman–Crippen LogP) is 3.33. The van der Waals surface area contributed by atoms with Gasteiger partial charge in [-0.1, -0.05) is 36.4 Å². The summed E-state index contributed by atoms with van der Waals surface area (Å²) in [6.07, 6.45) is 7.32. The van der Waals surface area contributed by atoms with E-state index in [0.717, 1.165) is 48.0 Å². The predicted molar refractivity (Wildman–Crippen MR) is 133 cm³/mol. The number of hydrogen-bond acceptors (Lipinski definition) is 8. The molecule has 3 heterocycles. The number of aryl methyl sites for hydroxylation is 1. The lowest BCUT2D eigenvalue weighted by Gasteiger charge is -2.19. The second-order valence-corrected chi connectivity index (χ2v) is 8.73. The van der Waals surface area contributed by atoms with E-state index in [-0.39, 0.29) is 6.10 Å². The van der Waals surface area contributed by atoms with Gasteiger partial charge in [0, 0.05) is 36.0 Å². The third kappa shape index (κ3) is 4.65. The Hall–Kier alpha value is -3.33. The lowest BCUT2D eigenvalue weighted by Crippen LogP contribution is -2.32. The molecule has 0 saturated carbocycles. The number of benzene rings is 1. The average molecular weight is 459 g/mol. The molecule has 1 aromatic carbocycles. The van der Waals surface area contributed by atoms with E-state index in [2.05, 4.69) is 62.2 Å². The van der Waals surface area contributed by atoms with E-state index in [1.54, 1.807) is 6.20 Å². The third-order valence-corrected chi connectivity index (χ3v) is 6.31. The lowest BCUT2D eigenvalue weighted by atomic mass is 9.97. The fourth-order valence-electron chi connectivity index (χ4n) is 4.46. The molecule has 2 aromatic heterocycles. The summed E-state index contributed by atoms with van der Waals surface area (Å²) in [6, 6.07) is 10.4. The number of nitrogens with one attached hydrogen (secondary N) is 2. The van der Waals surface area contributed by atoms with Gasteiger partial charge >= 0.3 is 0 Å². The minimum Gasteiger partial charge on any atom is -0.472 e. The number of rotatable bonds is 8. The van der Waals surface area contributed by atoms with Crippen molar-refractivity contribution in [3.63, 3.8) is 0 Å². The minimum atomic E-state index is -0.397. The average Bonchev–Trinajstić information content (AvgIpc) is 3.54. The second-order valence-electron chi connectivity index (χ2n) is 8.73. The first-order valence-corrected chi connectivity index (χ1v) is 11.6. The van der Waals surface area contributed by atoms with E-state index in [9.17, 15) is 0 Å². The molecule has 0 radical (unpaired) electrons. The maximum atomic E-state index is 6.59. The van der Waals surface area contributed by atoms with Crippen molar-refractivity contribution in [1.82, 2.24) is 20.5 Å². The molecule has 176 valence electrons. The van der Waals surface area contributed by atoms with E-state index in [0.29, 0.717) is 18.3 Å². The molecule has 0 amide bonds. The van der Waals surface area contributed by atoms with Crippen molar-refractivity contribution in [1.29, 1.82) is 0 Å². The Morgan fingerprint density at radius 1 is 1.21 bits per heavy atom. The zero-order valence-electron chi connectivity index (χ0n) is 19.5. The summed E-state index contributed by atoms with van der Waals surface area (Å²) in [5.74, 6) is 1.17. The van der Waals surface area contributed by atoms with E-state index in [4.69, 9.17) is 15.2 Å². The molecule has 0 unspecified atom stereocenters. The number of fused-ring (bicyclic) bond motifs is 1. The van der Waals surface area contributed by atoms with Crippen LogP contribution in [-0.2, 0) is 11.3 Å².